The van der Waals surface area contributed by atoms with Gasteiger partial charge in [0.15, 0.2) is 5.84 Å². The molecule has 1 aromatic carbocycles. The summed E-state index contributed by atoms with van der Waals surface area (Å²) in [7, 11) is 2.06. The van der Waals surface area contributed by atoms with Gasteiger partial charge in [0.2, 0.25) is 0 Å². The van der Waals surface area contributed by atoms with Crippen molar-refractivity contribution < 1.29 is 5.21 Å². The summed E-state index contributed by atoms with van der Waals surface area (Å²) in [5.74, 6) is 1.21. The zero-order valence-corrected chi connectivity index (χ0v) is 12.9. The molecule has 106 valence electrons. The molecule has 1 rings (SSSR count). The molecule has 0 radical (unpaired) electrons. The van der Waals surface area contributed by atoms with Crippen LogP contribution in [0.5, 0.6) is 0 Å². The summed E-state index contributed by atoms with van der Waals surface area (Å²) in [6.45, 7) is 4.22. The SMILES string of the molecule is CCC(CSC)N(C)c1cc(C)ccc1/C(N)=N/O. The zero-order valence-electron chi connectivity index (χ0n) is 12.1. The van der Waals surface area contributed by atoms with E-state index in [9.17, 15) is 0 Å². The Bertz CT molecular complexity index is 448. The van der Waals surface area contributed by atoms with Gasteiger partial charge in [0.25, 0.3) is 0 Å². The Hall–Kier alpha value is -1.36. The van der Waals surface area contributed by atoms with Crippen LogP contribution in [-0.2, 0) is 0 Å². The Kier molecular flexibility index (Phi) is 6.02. The van der Waals surface area contributed by atoms with Crippen LogP contribution >= 0.6 is 11.8 Å². The Labute approximate surface area is 119 Å². The number of aryl methyl sites for hydroxylation is 1. The van der Waals surface area contributed by atoms with Gasteiger partial charge in [-0.1, -0.05) is 18.1 Å². The van der Waals surface area contributed by atoms with Crippen LogP contribution in [-0.4, -0.2) is 36.1 Å². The second-order valence-electron chi connectivity index (χ2n) is 4.63. The first-order chi connectivity index (χ1) is 9.04. The third-order valence-electron chi connectivity index (χ3n) is 3.29. The van der Waals surface area contributed by atoms with Gasteiger partial charge in [-0.15, -0.1) is 0 Å². The topological polar surface area (TPSA) is 61.8 Å². The van der Waals surface area contributed by atoms with Gasteiger partial charge in [-0.3, -0.25) is 0 Å². The molecule has 0 fully saturated rings. The van der Waals surface area contributed by atoms with Crippen LogP contribution in [0.2, 0.25) is 0 Å². The van der Waals surface area contributed by atoms with Crippen LogP contribution in [0.1, 0.15) is 24.5 Å². The highest BCUT2D eigenvalue weighted by molar-refractivity contribution is 7.98. The number of oxime groups is 1. The molecule has 1 unspecified atom stereocenters. The standard InChI is InChI=1S/C14H23N3OS/c1-5-11(9-19-4)17(3)13-8-10(2)6-7-12(13)14(15)16-18/h6-8,11,18H,5,9H2,1-4H3,(H2,15,16). The summed E-state index contributed by atoms with van der Waals surface area (Å²) in [4.78, 5) is 2.22. The number of nitrogens with two attached hydrogens (primary N) is 1. The summed E-state index contributed by atoms with van der Waals surface area (Å²) >= 11 is 1.83. The van der Waals surface area contributed by atoms with Gasteiger partial charge in [0.05, 0.1) is 0 Å². The molecule has 1 aromatic rings. The molecule has 19 heavy (non-hydrogen) atoms. The van der Waals surface area contributed by atoms with E-state index in [1.165, 1.54) is 0 Å². The first-order valence-corrected chi connectivity index (χ1v) is 7.74. The second-order valence-corrected chi connectivity index (χ2v) is 5.54. The van der Waals surface area contributed by atoms with Crippen molar-refractivity contribution in [3.8, 4) is 0 Å². The van der Waals surface area contributed by atoms with Crippen LogP contribution in [0, 0.1) is 6.92 Å². The molecular weight excluding hydrogens is 258 g/mol. The lowest BCUT2D eigenvalue weighted by Gasteiger charge is -2.30. The van der Waals surface area contributed by atoms with Gasteiger partial charge in [-0.2, -0.15) is 11.8 Å². The van der Waals surface area contributed by atoms with Crippen molar-refractivity contribution in [2.45, 2.75) is 26.3 Å². The molecule has 1 atom stereocenters. The molecule has 0 saturated carbocycles. The first-order valence-electron chi connectivity index (χ1n) is 6.35. The third-order valence-corrected chi connectivity index (χ3v) is 4.01. The molecule has 0 aromatic heterocycles. The highest BCUT2D eigenvalue weighted by Gasteiger charge is 2.17. The van der Waals surface area contributed by atoms with E-state index in [1.807, 2.05) is 30.8 Å². The van der Waals surface area contributed by atoms with Crippen molar-refractivity contribution in [2.24, 2.45) is 10.9 Å². The van der Waals surface area contributed by atoms with Gasteiger partial charge in [-0.05, 0) is 37.3 Å². The fourth-order valence-corrected chi connectivity index (χ4v) is 2.94. The Morgan fingerprint density at radius 1 is 1.53 bits per heavy atom. The number of hydrogen-bond acceptors (Lipinski definition) is 4. The van der Waals surface area contributed by atoms with E-state index >= 15 is 0 Å². The number of nitrogens with zero attached hydrogens (tertiary/aromatic N) is 2. The molecule has 0 bridgehead atoms. The fourth-order valence-electron chi connectivity index (χ4n) is 2.10. The maximum Gasteiger partial charge on any atom is 0.172 e. The summed E-state index contributed by atoms with van der Waals surface area (Å²) in [5.41, 5.74) is 8.71. The van der Waals surface area contributed by atoms with Crippen LogP contribution < -0.4 is 10.6 Å². The third kappa shape index (κ3) is 3.80. The molecule has 4 nitrogen and oxygen atoms in total. The van der Waals surface area contributed by atoms with E-state index < -0.39 is 0 Å². The zero-order chi connectivity index (χ0) is 14.4. The number of amidine groups is 1. The normalized spacial score (nSPS) is 13.4. The minimum Gasteiger partial charge on any atom is -0.409 e. The number of rotatable bonds is 6. The van der Waals surface area contributed by atoms with Gasteiger partial charge in [0.1, 0.15) is 0 Å². The molecule has 0 amide bonds. The van der Waals surface area contributed by atoms with E-state index in [4.69, 9.17) is 10.9 Å². The number of anilines is 1. The monoisotopic (exact) mass is 281 g/mol. The van der Waals surface area contributed by atoms with Gasteiger partial charge < -0.3 is 15.8 Å². The predicted molar refractivity (Wildman–Crippen MR) is 84.6 cm³/mol. The number of hydrogen-bond donors (Lipinski definition) is 2. The van der Waals surface area contributed by atoms with Crippen molar-refractivity contribution in [3.05, 3.63) is 29.3 Å². The van der Waals surface area contributed by atoms with Crippen LogP contribution in [0.15, 0.2) is 23.4 Å². The molecule has 3 N–H and O–H groups in total. The second kappa shape index (κ2) is 7.28. The van der Waals surface area contributed by atoms with Crippen molar-refractivity contribution in [3.63, 3.8) is 0 Å². The maximum absolute atomic E-state index is 8.90. The molecule has 0 spiro atoms. The van der Waals surface area contributed by atoms with Crippen LogP contribution in [0.4, 0.5) is 5.69 Å². The number of thioether (sulfide) groups is 1. The van der Waals surface area contributed by atoms with E-state index in [-0.39, 0.29) is 5.84 Å². The van der Waals surface area contributed by atoms with E-state index in [0.717, 1.165) is 29.0 Å². The first kappa shape index (κ1) is 15.7. The quantitative estimate of drug-likeness (QED) is 0.364. The average Bonchev–Trinajstić information content (AvgIpc) is 2.43. The van der Waals surface area contributed by atoms with Crippen LogP contribution in [0.3, 0.4) is 0 Å². The smallest absolute Gasteiger partial charge is 0.172 e. The van der Waals surface area contributed by atoms with Crippen molar-refractivity contribution in [1.82, 2.24) is 0 Å². The number of benzene rings is 1. The Balaban J connectivity index is 3.19. The Morgan fingerprint density at radius 3 is 2.74 bits per heavy atom. The lowest BCUT2D eigenvalue weighted by atomic mass is 10.1. The van der Waals surface area contributed by atoms with E-state index in [1.54, 1.807) is 0 Å². The molecule has 0 saturated heterocycles. The lowest BCUT2D eigenvalue weighted by molar-refractivity contribution is 0.318. The fraction of sp³-hybridized carbons (Fsp3) is 0.500. The van der Waals surface area contributed by atoms with Crippen molar-refractivity contribution in [1.29, 1.82) is 0 Å². The highest BCUT2D eigenvalue weighted by atomic mass is 32.2. The van der Waals surface area contributed by atoms with E-state index in [2.05, 4.69) is 36.3 Å². The average molecular weight is 281 g/mol. The molecule has 0 aliphatic rings. The van der Waals surface area contributed by atoms with Crippen LogP contribution in [0.25, 0.3) is 0 Å². The summed E-state index contributed by atoms with van der Waals surface area (Å²) in [6, 6.07) is 6.39. The molecule has 0 aliphatic carbocycles. The Morgan fingerprint density at radius 2 is 2.21 bits per heavy atom. The highest BCUT2D eigenvalue weighted by Crippen LogP contribution is 2.25. The lowest BCUT2D eigenvalue weighted by Crippen LogP contribution is -2.35. The van der Waals surface area contributed by atoms with Gasteiger partial charge in [-0.25, -0.2) is 0 Å². The van der Waals surface area contributed by atoms with Gasteiger partial charge >= 0.3 is 0 Å². The molecule has 0 heterocycles. The van der Waals surface area contributed by atoms with E-state index in [0.29, 0.717) is 6.04 Å². The molecular formula is C14H23N3OS. The summed E-state index contributed by atoms with van der Waals surface area (Å²) < 4.78 is 0. The summed E-state index contributed by atoms with van der Waals surface area (Å²) in [5, 5.41) is 12.0. The van der Waals surface area contributed by atoms with Gasteiger partial charge in [0, 0.05) is 30.1 Å². The maximum atomic E-state index is 8.90. The minimum atomic E-state index is 0.154. The summed E-state index contributed by atoms with van der Waals surface area (Å²) in [6.07, 6.45) is 3.16. The largest absolute Gasteiger partial charge is 0.409 e. The molecule has 0 aliphatic heterocycles. The molecule has 5 heteroatoms. The van der Waals surface area contributed by atoms with Crippen molar-refractivity contribution >= 4 is 23.3 Å². The van der Waals surface area contributed by atoms with Crippen molar-refractivity contribution in [2.75, 3.05) is 24.0 Å². The minimum absolute atomic E-state index is 0.154. The predicted octanol–water partition coefficient (Wildman–Crippen LogP) is 2.67.